The molecule has 0 bridgehead atoms. The molecule has 0 saturated carbocycles. The number of carbonyl (C=O) groups excluding carboxylic acids is 2. The molecule has 1 atom stereocenters. The van der Waals surface area contributed by atoms with Crippen molar-refractivity contribution in [1.29, 1.82) is 0 Å². The Labute approximate surface area is 163 Å². The van der Waals surface area contributed by atoms with Gasteiger partial charge in [0.25, 0.3) is 11.8 Å². The van der Waals surface area contributed by atoms with Gasteiger partial charge in [-0.15, -0.1) is 0 Å². The van der Waals surface area contributed by atoms with Crippen LogP contribution in [0.15, 0.2) is 48.5 Å². The van der Waals surface area contributed by atoms with Crippen LogP contribution < -0.4 is 10.2 Å². The van der Waals surface area contributed by atoms with E-state index in [1.165, 1.54) is 6.07 Å². The van der Waals surface area contributed by atoms with E-state index in [0.717, 1.165) is 5.56 Å². The van der Waals surface area contributed by atoms with E-state index in [9.17, 15) is 14.7 Å². The van der Waals surface area contributed by atoms with E-state index in [-0.39, 0.29) is 30.5 Å². The number of hydroxylamine groups is 1. The van der Waals surface area contributed by atoms with Crippen LogP contribution in [0.3, 0.4) is 0 Å². The van der Waals surface area contributed by atoms with Gasteiger partial charge >= 0.3 is 0 Å². The fraction of sp³-hybridized carbons (Fsp3) is 0.333. The fourth-order valence-electron chi connectivity index (χ4n) is 3.39. The maximum Gasteiger partial charge on any atom is 0.274 e. The Morgan fingerprint density at radius 1 is 1.18 bits per heavy atom. The first-order valence-electron chi connectivity index (χ1n) is 9.15. The lowest BCUT2D eigenvalue weighted by atomic mass is 9.82. The molecule has 1 aliphatic rings. The number of fused-ring (bicyclic) bond motifs is 1. The number of nitrogens with one attached hydrogen (secondary N) is 1. The summed E-state index contributed by atoms with van der Waals surface area (Å²) in [7, 11) is 0. The van der Waals surface area contributed by atoms with E-state index in [1.54, 1.807) is 46.8 Å². The average Bonchev–Trinajstić information content (AvgIpc) is 2.94. The maximum absolute atomic E-state index is 13.4. The van der Waals surface area contributed by atoms with E-state index in [2.05, 4.69) is 0 Å². The zero-order chi connectivity index (χ0) is 20.3. The summed E-state index contributed by atoms with van der Waals surface area (Å²) in [5, 5.41) is 20.1. The zero-order valence-corrected chi connectivity index (χ0v) is 15.9. The number of aliphatic hydroxyl groups is 1. The van der Waals surface area contributed by atoms with Crippen LogP contribution in [0.5, 0.6) is 5.75 Å². The predicted octanol–water partition coefficient (Wildman–Crippen LogP) is 2.07. The largest absolute Gasteiger partial charge is 0.491 e. The van der Waals surface area contributed by atoms with Gasteiger partial charge < -0.3 is 14.7 Å². The van der Waals surface area contributed by atoms with Crippen molar-refractivity contribution in [3.05, 3.63) is 65.2 Å². The van der Waals surface area contributed by atoms with Crippen LogP contribution >= 0.6 is 0 Å². The predicted molar refractivity (Wildman–Crippen MR) is 102 cm³/mol. The SMILES string of the molecule is CC(C)C(O)(C(=O)N1CCOc2cc(C(=O)NO)ccc2C1)c1ccccc1. The Hall–Kier alpha value is -2.90. The first kappa shape index (κ1) is 19.9. The topological polar surface area (TPSA) is 99.1 Å². The summed E-state index contributed by atoms with van der Waals surface area (Å²) in [6.07, 6.45) is 0. The number of hydrogen-bond donors (Lipinski definition) is 3. The summed E-state index contributed by atoms with van der Waals surface area (Å²) >= 11 is 0. The third kappa shape index (κ3) is 3.58. The number of amides is 2. The van der Waals surface area contributed by atoms with Gasteiger partial charge in [0, 0.05) is 17.7 Å². The summed E-state index contributed by atoms with van der Waals surface area (Å²) < 4.78 is 5.71. The molecule has 0 spiro atoms. The van der Waals surface area contributed by atoms with Gasteiger partial charge in [-0.2, -0.15) is 0 Å². The van der Waals surface area contributed by atoms with Crippen molar-refractivity contribution in [2.24, 2.45) is 5.92 Å². The van der Waals surface area contributed by atoms with E-state index in [1.807, 2.05) is 19.9 Å². The van der Waals surface area contributed by atoms with Crippen molar-refractivity contribution in [1.82, 2.24) is 10.4 Å². The van der Waals surface area contributed by atoms with E-state index >= 15 is 0 Å². The van der Waals surface area contributed by atoms with Gasteiger partial charge in [-0.3, -0.25) is 14.8 Å². The Kier molecular flexibility index (Phi) is 5.67. The molecule has 0 saturated heterocycles. The molecule has 1 heterocycles. The summed E-state index contributed by atoms with van der Waals surface area (Å²) in [5.41, 5.74) is 1.47. The molecule has 0 fully saturated rings. The number of nitrogens with zero attached hydrogens (tertiary/aromatic N) is 1. The molecule has 148 valence electrons. The van der Waals surface area contributed by atoms with Crippen molar-refractivity contribution in [2.75, 3.05) is 13.2 Å². The second-order valence-electron chi connectivity index (χ2n) is 7.13. The van der Waals surface area contributed by atoms with Crippen molar-refractivity contribution in [2.45, 2.75) is 26.0 Å². The molecule has 1 unspecified atom stereocenters. The van der Waals surface area contributed by atoms with Crippen LogP contribution in [0.1, 0.15) is 35.3 Å². The first-order valence-corrected chi connectivity index (χ1v) is 9.15. The highest BCUT2D eigenvalue weighted by Crippen LogP contribution is 2.34. The summed E-state index contributed by atoms with van der Waals surface area (Å²) in [4.78, 5) is 26.6. The van der Waals surface area contributed by atoms with Gasteiger partial charge in [0.15, 0.2) is 5.60 Å². The molecule has 28 heavy (non-hydrogen) atoms. The standard InChI is InChI=1S/C21H24N2O5/c1-14(2)21(26,17-6-4-3-5-7-17)20(25)23-10-11-28-18-12-15(19(24)22-27)8-9-16(18)13-23/h3-9,12,14,26-27H,10-11,13H2,1-2H3,(H,22,24). The molecule has 2 amide bonds. The van der Waals surface area contributed by atoms with Gasteiger partial charge in [0.05, 0.1) is 6.54 Å². The Morgan fingerprint density at radius 2 is 1.89 bits per heavy atom. The van der Waals surface area contributed by atoms with Crippen LogP contribution in [0, 0.1) is 5.92 Å². The van der Waals surface area contributed by atoms with E-state index < -0.39 is 11.5 Å². The van der Waals surface area contributed by atoms with Gasteiger partial charge in [-0.25, -0.2) is 5.48 Å². The van der Waals surface area contributed by atoms with Gasteiger partial charge in [0.1, 0.15) is 12.4 Å². The van der Waals surface area contributed by atoms with Crippen LogP contribution in [-0.2, 0) is 16.9 Å². The Bertz CT molecular complexity index is 868. The number of carbonyl (C=O) groups is 2. The number of rotatable bonds is 4. The minimum absolute atomic E-state index is 0.228. The molecular formula is C21H24N2O5. The quantitative estimate of drug-likeness (QED) is 0.554. The third-order valence-electron chi connectivity index (χ3n) is 5.07. The monoisotopic (exact) mass is 384 g/mol. The van der Waals surface area contributed by atoms with E-state index in [4.69, 9.17) is 9.94 Å². The molecule has 3 rings (SSSR count). The lowest BCUT2D eigenvalue weighted by molar-refractivity contribution is -0.158. The van der Waals surface area contributed by atoms with Crippen molar-refractivity contribution < 1.29 is 24.6 Å². The molecule has 7 heteroatoms. The molecule has 0 radical (unpaired) electrons. The lowest BCUT2D eigenvalue weighted by Crippen LogP contribution is -2.50. The fourth-order valence-corrected chi connectivity index (χ4v) is 3.39. The second kappa shape index (κ2) is 8.00. The summed E-state index contributed by atoms with van der Waals surface area (Å²) in [5.74, 6) is -0.880. The zero-order valence-electron chi connectivity index (χ0n) is 15.9. The molecular weight excluding hydrogens is 360 g/mol. The van der Waals surface area contributed by atoms with E-state index in [0.29, 0.717) is 17.9 Å². The molecule has 1 aliphatic heterocycles. The van der Waals surface area contributed by atoms with Gasteiger partial charge in [-0.1, -0.05) is 50.2 Å². The second-order valence-corrected chi connectivity index (χ2v) is 7.13. The first-order chi connectivity index (χ1) is 13.4. The molecule has 0 aliphatic carbocycles. The number of ether oxygens (including phenoxy) is 1. The van der Waals surface area contributed by atoms with Gasteiger partial charge in [0.2, 0.25) is 0 Å². The highest BCUT2D eigenvalue weighted by Gasteiger charge is 2.44. The highest BCUT2D eigenvalue weighted by atomic mass is 16.5. The maximum atomic E-state index is 13.4. The average molecular weight is 384 g/mol. The summed E-state index contributed by atoms with van der Waals surface area (Å²) in [6, 6.07) is 13.7. The van der Waals surface area contributed by atoms with Crippen molar-refractivity contribution in [3.63, 3.8) is 0 Å². The van der Waals surface area contributed by atoms with Crippen LogP contribution in [-0.4, -0.2) is 40.2 Å². The Balaban J connectivity index is 1.91. The lowest BCUT2D eigenvalue weighted by Gasteiger charge is -2.36. The molecule has 0 aromatic heterocycles. The highest BCUT2D eigenvalue weighted by molar-refractivity contribution is 5.94. The molecule has 2 aromatic carbocycles. The number of hydrogen-bond acceptors (Lipinski definition) is 5. The molecule has 3 N–H and O–H groups in total. The normalized spacial score (nSPS) is 15.8. The summed E-state index contributed by atoms with van der Waals surface area (Å²) in [6.45, 7) is 4.40. The van der Waals surface area contributed by atoms with Crippen LogP contribution in [0.4, 0.5) is 0 Å². The van der Waals surface area contributed by atoms with Gasteiger partial charge in [-0.05, 0) is 23.6 Å². The minimum Gasteiger partial charge on any atom is -0.491 e. The Morgan fingerprint density at radius 3 is 2.54 bits per heavy atom. The van der Waals surface area contributed by atoms with Crippen molar-refractivity contribution >= 4 is 11.8 Å². The molecule has 7 nitrogen and oxygen atoms in total. The molecule has 2 aromatic rings. The number of benzene rings is 2. The minimum atomic E-state index is -1.65. The van der Waals surface area contributed by atoms with Crippen LogP contribution in [0.2, 0.25) is 0 Å². The van der Waals surface area contributed by atoms with Crippen molar-refractivity contribution in [3.8, 4) is 5.75 Å². The smallest absolute Gasteiger partial charge is 0.274 e. The van der Waals surface area contributed by atoms with Crippen LogP contribution in [0.25, 0.3) is 0 Å². The third-order valence-corrected chi connectivity index (χ3v) is 5.07.